The number of halogens is 1. The van der Waals surface area contributed by atoms with Gasteiger partial charge in [0.1, 0.15) is 0 Å². The van der Waals surface area contributed by atoms with Crippen LogP contribution in [0.2, 0.25) is 0 Å². The van der Waals surface area contributed by atoms with E-state index in [1.807, 2.05) is 17.6 Å². The molecular formula is C14H18BrN3S. The van der Waals surface area contributed by atoms with Gasteiger partial charge in [-0.3, -0.25) is 0 Å². The van der Waals surface area contributed by atoms with Crippen LogP contribution >= 0.6 is 27.3 Å². The van der Waals surface area contributed by atoms with Gasteiger partial charge in [-0.05, 0) is 31.2 Å². The standard InChI is InChI=1S/C14H18BrN3S/c1-18(8-13-9-19-10-17-13)6-5-14(16)11-3-2-4-12(15)7-11/h2-4,7,9-10,14H,5-6,8,16H2,1H3. The highest BCUT2D eigenvalue weighted by molar-refractivity contribution is 9.10. The third kappa shape index (κ3) is 4.69. The van der Waals surface area contributed by atoms with Crippen LogP contribution in [0.1, 0.15) is 23.7 Å². The zero-order valence-electron chi connectivity index (χ0n) is 10.9. The smallest absolute Gasteiger partial charge is 0.0795 e. The van der Waals surface area contributed by atoms with Crippen LogP contribution in [0.4, 0.5) is 0 Å². The van der Waals surface area contributed by atoms with Gasteiger partial charge < -0.3 is 10.6 Å². The fourth-order valence-corrected chi connectivity index (χ4v) is 2.90. The molecule has 1 aromatic carbocycles. The Hall–Kier alpha value is -0.750. The second-order valence-corrected chi connectivity index (χ2v) is 6.30. The molecule has 1 unspecified atom stereocenters. The average Bonchev–Trinajstić information content (AvgIpc) is 2.88. The number of thiazole rings is 1. The minimum absolute atomic E-state index is 0.0791. The van der Waals surface area contributed by atoms with Gasteiger partial charge in [-0.2, -0.15) is 0 Å². The van der Waals surface area contributed by atoms with Crippen molar-refractivity contribution in [1.82, 2.24) is 9.88 Å². The van der Waals surface area contributed by atoms with Gasteiger partial charge in [0, 0.05) is 29.0 Å². The van der Waals surface area contributed by atoms with E-state index in [4.69, 9.17) is 5.73 Å². The second-order valence-electron chi connectivity index (χ2n) is 4.67. The molecular weight excluding hydrogens is 322 g/mol. The van der Waals surface area contributed by atoms with Crippen molar-refractivity contribution in [2.75, 3.05) is 13.6 Å². The van der Waals surface area contributed by atoms with Crippen molar-refractivity contribution in [2.45, 2.75) is 19.0 Å². The number of aromatic nitrogens is 1. The number of nitrogens with zero attached hydrogens (tertiary/aromatic N) is 2. The molecule has 0 aliphatic rings. The maximum Gasteiger partial charge on any atom is 0.0795 e. The van der Waals surface area contributed by atoms with Gasteiger partial charge in [0.15, 0.2) is 0 Å². The Morgan fingerprint density at radius 1 is 1.47 bits per heavy atom. The Kier molecular flexibility index (Phi) is 5.51. The lowest BCUT2D eigenvalue weighted by Gasteiger charge is -2.18. The molecule has 0 saturated heterocycles. The van der Waals surface area contributed by atoms with Crippen LogP contribution < -0.4 is 5.73 Å². The lowest BCUT2D eigenvalue weighted by atomic mass is 10.0. The predicted octanol–water partition coefficient (Wildman–Crippen LogP) is 3.43. The molecule has 19 heavy (non-hydrogen) atoms. The predicted molar refractivity (Wildman–Crippen MR) is 84.1 cm³/mol. The molecule has 1 heterocycles. The molecule has 0 amide bonds. The second kappa shape index (κ2) is 7.14. The topological polar surface area (TPSA) is 42.1 Å². The van der Waals surface area contributed by atoms with Gasteiger partial charge in [-0.25, -0.2) is 4.98 Å². The van der Waals surface area contributed by atoms with E-state index in [9.17, 15) is 0 Å². The zero-order chi connectivity index (χ0) is 13.7. The van der Waals surface area contributed by atoms with Gasteiger partial charge in [-0.15, -0.1) is 11.3 Å². The highest BCUT2D eigenvalue weighted by atomic mass is 79.9. The minimum Gasteiger partial charge on any atom is -0.324 e. The summed E-state index contributed by atoms with van der Waals surface area (Å²) in [4.78, 5) is 6.55. The SMILES string of the molecule is CN(CCC(N)c1cccc(Br)c1)Cc1cscn1. The molecule has 0 fully saturated rings. The molecule has 102 valence electrons. The van der Waals surface area contributed by atoms with Crippen LogP contribution in [0, 0.1) is 0 Å². The highest BCUT2D eigenvalue weighted by Crippen LogP contribution is 2.19. The number of rotatable bonds is 6. The van der Waals surface area contributed by atoms with Crippen molar-refractivity contribution < 1.29 is 0 Å². The Labute approximate surface area is 126 Å². The first-order valence-corrected chi connectivity index (χ1v) is 7.95. The molecule has 0 aliphatic heterocycles. The molecule has 0 saturated carbocycles. The molecule has 0 spiro atoms. The normalized spacial score (nSPS) is 12.8. The maximum atomic E-state index is 6.22. The van der Waals surface area contributed by atoms with Crippen LogP contribution in [0.3, 0.4) is 0 Å². The van der Waals surface area contributed by atoms with Gasteiger partial charge in [0.2, 0.25) is 0 Å². The molecule has 0 aliphatic carbocycles. The summed E-state index contributed by atoms with van der Waals surface area (Å²) in [5.41, 5.74) is 10.4. The van der Waals surface area contributed by atoms with Crippen molar-refractivity contribution >= 4 is 27.3 Å². The molecule has 1 aromatic heterocycles. The van der Waals surface area contributed by atoms with Crippen LogP contribution in [-0.4, -0.2) is 23.5 Å². The summed E-state index contributed by atoms with van der Waals surface area (Å²) in [5.74, 6) is 0. The van der Waals surface area contributed by atoms with E-state index >= 15 is 0 Å². The quantitative estimate of drug-likeness (QED) is 0.876. The number of benzene rings is 1. The summed E-state index contributed by atoms with van der Waals surface area (Å²) >= 11 is 5.11. The first-order chi connectivity index (χ1) is 9.15. The van der Waals surface area contributed by atoms with E-state index in [2.05, 4.69) is 50.4 Å². The lowest BCUT2D eigenvalue weighted by Crippen LogP contribution is -2.23. The monoisotopic (exact) mass is 339 g/mol. The number of hydrogen-bond donors (Lipinski definition) is 1. The first-order valence-electron chi connectivity index (χ1n) is 6.22. The van der Waals surface area contributed by atoms with Crippen molar-refractivity contribution in [3.63, 3.8) is 0 Å². The zero-order valence-corrected chi connectivity index (χ0v) is 13.3. The van der Waals surface area contributed by atoms with Crippen molar-refractivity contribution in [3.8, 4) is 0 Å². The van der Waals surface area contributed by atoms with Gasteiger partial charge >= 0.3 is 0 Å². The highest BCUT2D eigenvalue weighted by Gasteiger charge is 2.08. The Morgan fingerprint density at radius 3 is 3.00 bits per heavy atom. The van der Waals surface area contributed by atoms with Crippen LogP contribution in [-0.2, 0) is 6.54 Å². The van der Waals surface area contributed by atoms with Gasteiger partial charge in [-0.1, -0.05) is 28.1 Å². The summed E-state index contributed by atoms with van der Waals surface area (Å²) in [6, 6.07) is 8.29. The summed E-state index contributed by atoms with van der Waals surface area (Å²) in [5, 5.41) is 2.09. The van der Waals surface area contributed by atoms with Crippen LogP contribution in [0.15, 0.2) is 39.6 Å². The van der Waals surface area contributed by atoms with E-state index < -0.39 is 0 Å². The van der Waals surface area contributed by atoms with E-state index in [1.165, 1.54) is 5.56 Å². The fourth-order valence-electron chi connectivity index (χ4n) is 1.93. The molecule has 3 nitrogen and oxygen atoms in total. The van der Waals surface area contributed by atoms with Crippen LogP contribution in [0.5, 0.6) is 0 Å². The van der Waals surface area contributed by atoms with E-state index in [1.54, 1.807) is 11.3 Å². The van der Waals surface area contributed by atoms with E-state index in [0.29, 0.717) is 0 Å². The van der Waals surface area contributed by atoms with Crippen LogP contribution in [0.25, 0.3) is 0 Å². The number of hydrogen-bond acceptors (Lipinski definition) is 4. The largest absolute Gasteiger partial charge is 0.324 e. The number of nitrogens with two attached hydrogens (primary N) is 1. The van der Waals surface area contributed by atoms with Crippen molar-refractivity contribution in [3.05, 3.63) is 50.9 Å². The Morgan fingerprint density at radius 2 is 2.32 bits per heavy atom. The summed E-state index contributed by atoms with van der Waals surface area (Å²) < 4.78 is 1.08. The van der Waals surface area contributed by atoms with Gasteiger partial charge in [0.25, 0.3) is 0 Å². The molecule has 2 N–H and O–H groups in total. The molecule has 2 rings (SSSR count). The minimum atomic E-state index is 0.0791. The third-order valence-corrected chi connectivity index (χ3v) is 4.14. The van der Waals surface area contributed by atoms with Crippen molar-refractivity contribution in [2.24, 2.45) is 5.73 Å². The molecule has 5 heteroatoms. The van der Waals surface area contributed by atoms with E-state index in [0.717, 1.165) is 29.7 Å². The summed E-state index contributed by atoms with van der Waals surface area (Å²) in [7, 11) is 2.10. The van der Waals surface area contributed by atoms with Crippen molar-refractivity contribution in [1.29, 1.82) is 0 Å². The van der Waals surface area contributed by atoms with E-state index in [-0.39, 0.29) is 6.04 Å². The maximum absolute atomic E-state index is 6.22. The fraction of sp³-hybridized carbons (Fsp3) is 0.357. The Balaban J connectivity index is 1.81. The summed E-state index contributed by atoms with van der Waals surface area (Å²) in [6.07, 6.45) is 0.942. The third-order valence-electron chi connectivity index (χ3n) is 3.01. The Bertz CT molecular complexity index is 501. The molecule has 2 aromatic rings. The molecule has 0 radical (unpaired) electrons. The molecule has 1 atom stereocenters. The average molecular weight is 340 g/mol. The van der Waals surface area contributed by atoms with Gasteiger partial charge in [0.05, 0.1) is 11.2 Å². The summed E-state index contributed by atoms with van der Waals surface area (Å²) in [6.45, 7) is 1.85. The first kappa shape index (κ1) is 14.7. The molecule has 0 bridgehead atoms. The lowest BCUT2D eigenvalue weighted by molar-refractivity contribution is 0.308.